The van der Waals surface area contributed by atoms with E-state index in [1.807, 2.05) is 50.2 Å². The van der Waals surface area contributed by atoms with Crippen LogP contribution >= 0.6 is 7.82 Å². The van der Waals surface area contributed by atoms with E-state index in [0.29, 0.717) is 41.9 Å². The Labute approximate surface area is 392 Å². The number of carbonyl (C=O) groups is 2. The van der Waals surface area contributed by atoms with E-state index in [9.17, 15) is 28.8 Å². The van der Waals surface area contributed by atoms with Crippen molar-refractivity contribution in [2.75, 3.05) is 30.6 Å². The molecule has 0 bridgehead atoms. The molecule has 7 aromatic rings. The van der Waals surface area contributed by atoms with Crippen LogP contribution in [0.5, 0.6) is 0 Å². The summed E-state index contributed by atoms with van der Waals surface area (Å²) in [6, 6.07) is 28.9. The van der Waals surface area contributed by atoms with Crippen molar-refractivity contribution in [1.82, 2.24) is 29.5 Å². The summed E-state index contributed by atoms with van der Waals surface area (Å²) in [7, 11) is -3.97. The first-order valence-corrected chi connectivity index (χ1v) is 23.6. The van der Waals surface area contributed by atoms with Gasteiger partial charge in [0, 0.05) is 47.4 Å². The minimum atomic E-state index is -3.97. The average Bonchev–Trinajstić information content (AvgIpc) is 3.36. The number of carboxylic acid groups (broad SMARTS) is 1. The average molecular weight is 945 g/mol. The van der Waals surface area contributed by atoms with Crippen LogP contribution in [0.15, 0.2) is 131 Å². The number of hydrogen-bond acceptors (Lipinski definition) is 15. The number of esters is 1. The fourth-order valence-corrected chi connectivity index (χ4v) is 7.82. The maximum absolute atomic E-state index is 13.5. The number of unbranched alkanes of at least 4 members (excludes halogenated alkanes) is 2. The predicted octanol–water partition coefficient (Wildman–Crippen LogP) is 9.86. The molecule has 68 heavy (non-hydrogen) atoms. The number of carboxylic acids is 1. The van der Waals surface area contributed by atoms with E-state index in [2.05, 4.69) is 30.8 Å². The van der Waals surface area contributed by atoms with Gasteiger partial charge in [0.25, 0.3) is 11.1 Å². The lowest BCUT2D eigenvalue weighted by Crippen LogP contribution is -2.29. The van der Waals surface area contributed by atoms with E-state index < -0.39 is 37.7 Å². The lowest BCUT2D eigenvalue weighted by atomic mass is 10.0. The Hall–Kier alpha value is -7.37. The molecule has 0 aliphatic rings. The fraction of sp³-hybridized carbons (Fsp3) is 0.265. The summed E-state index contributed by atoms with van der Waals surface area (Å²) in [6.45, 7) is 7.70. The predicted molar refractivity (Wildman–Crippen MR) is 259 cm³/mol. The van der Waals surface area contributed by atoms with Crippen LogP contribution in [0, 0.1) is 0 Å². The minimum absolute atomic E-state index is 0.0358. The highest BCUT2D eigenvalue weighted by atomic mass is 31.2. The zero-order valence-corrected chi connectivity index (χ0v) is 39.1. The second kappa shape index (κ2) is 24.4. The van der Waals surface area contributed by atoms with Gasteiger partial charge >= 0.3 is 19.8 Å². The maximum Gasteiger partial charge on any atom is 0.477 e. The number of fused-ring (bicyclic) bond motifs is 1. The zero-order valence-electron chi connectivity index (χ0n) is 38.2. The highest BCUT2D eigenvalue weighted by molar-refractivity contribution is 7.48. The number of nitrogens with one attached hydrogen (secondary N) is 2. The van der Waals surface area contributed by atoms with Crippen LogP contribution < -0.4 is 21.8 Å². The highest BCUT2D eigenvalue weighted by Gasteiger charge is 2.30. The van der Waals surface area contributed by atoms with E-state index in [1.54, 1.807) is 93.1 Å². The normalized spacial score (nSPS) is 11.1. The number of aromatic carboxylic acids is 1. The van der Waals surface area contributed by atoms with E-state index >= 15 is 0 Å². The number of aryl methyl sites for hydroxylation is 2. The summed E-state index contributed by atoms with van der Waals surface area (Å²) < 4.78 is 37.1. The Morgan fingerprint density at radius 3 is 1.75 bits per heavy atom. The maximum atomic E-state index is 13.5. The summed E-state index contributed by atoms with van der Waals surface area (Å²) in [5.74, 6) is -2.13. The molecule has 0 radical (unpaired) electrons. The highest BCUT2D eigenvalue weighted by Crippen LogP contribution is 2.49. The van der Waals surface area contributed by atoms with Gasteiger partial charge in [0.05, 0.1) is 37.0 Å². The molecule has 7 rings (SSSR count). The van der Waals surface area contributed by atoms with E-state index in [4.69, 9.17) is 18.3 Å². The summed E-state index contributed by atoms with van der Waals surface area (Å²) >= 11 is 0. The Kier molecular flexibility index (Phi) is 18.0. The number of hydrogen-bond donors (Lipinski definition) is 3. The number of ether oxygens (including phenoxy) is 1. The first-order valence-electron chi connectivity index (χ1n) is 22.1. The largest absolute Gasteiger partial charge is 0.478 e. The lowest BCUT2D eigenvalue weighted by Gasteiger charge is -2.19. The third-order valence-electron chi connectivity index (χ3n) is 10.2. The molecule has 0 aliphatic heterocycles. The number of phosphoric ester groups is 1. The smallest absolute Gasteiger partial charge is 0.477 e. The molecule has 3 N–H and O–H groups in total. The van der Waals surface area contributed by atoms with Crippen molar-refractivity contribution < 1.29 is 37.6 Å². The first-order chi connectivity index (χ1) is 33.0. The van der Waals surface area contributed by atoms with Crippen molar-refractivity contribution in [1.29, 1.82) is 0 Å². The van der Waals surface area contributed by atoms with Crippen LogP contribution in [0.3, 0.4) is 0 Å². The molecule has 18 nitrogen and oxygen atoms in total. The molecule has 0 spiro atoms. The standard InChI is InChI=1S/C27H35N4O7P.C22H18N4O3/c1-4-7-17-36-39(34,37-18-8-5-2)38-20-35-27(33)23-24(21-13-10-9-11-14-21)30-31(6-3)26(32)25(23)29-22-15-12-16-28-19-22;1-2-26-21(27)20(24-17-13-23-12-15-10-6-7-11-16(15)17)18(22(28)29)19(25-26)14-8-4-3-5-9-14/h9-16,19,29H,4-8,17-18,20H2,1-3H3;3-13,24H,2H2,1H3,(H,28,29). The van der Waals surface area contributed by atoms with Gasteiger partial charge in [0.1, 0.15) is 33.9 Å². The second-order valence-electron chi connectivity index (χ2n) is 14.9. The van der Waals surface area contributed by atoms with Gasteiger partial charge in [-0.15, -0.1) is 0 Å². The number of pyridine rings is 2. The quantitative estimate of drug-likeness (QED) is 0.0263. The van der Waals surface area contributed by atoms with Crippen molar-refractivity contribution in [3.63, 3.8) is 0 Å². The van der Waals surface area contributed by atoms with Crippen molar-refractivity contribution >= 4 is 53.3 Å². The molecule has 0 unspecified atom stereocenters. The first kappa shape index (κ1) is 50.1. The number of rotatable bonds is 21. The Morgan fingerprint density at radius 2 is 1.21 bits per heavy atom. The van der Waals surface area contributed by atoms with Crippen molar-refractivity contribution in [2.24, 2.45) is 0 Å². The molecule has 0 fully saturated rings. The van der Waals surface area contributed by atoms with Gasteiger partial charge < -0.3 is 20.5 Å². The van der Waals surface area contributed by atoms with E-state index in [0.717, 1.165) is 23.6 Å². The molecular formula is C49H53N8O10P. The van der Waals surface area contributed by atoms with Crippen molar-refractivity contribution in [3.05, 3.63) is 154 Å². The third kappa shape index (κ3) is 12.5. The fourth-order valence-electron chi connectivity index (χ4n) is 6.71. The van der Waals surface area contributed by atoms with Crippen LogP contribution in [-0.2, 0) is 36.0 Å². The molecule has 19 heteroatoms. The topological polar surface area (TPSA) is 228 Å². The molecule has 0 aliphatic carbocycles. The summed E-state index contributed by atoms with van der Waals surface area (Å²) in [4.78, 5) is 60.3. The molecule has 0 saturated carbocycles. The van der Waals surface area contributed by atoms with Crippen molar-refractivity contribution in [3.8, 4) is 22.5 Å². The van der Waals surface area contributed by atoms with Crippen molar-refractivity contribution in [2.45, 2.75) is 66.5 Å². The van der Waals surface area contributed by atoms with Crippen LogP contribution in [0.4, 0.5) is 22.7 Å². The van der Waals surface area contributed by atoms with Gasteiger partial charge in [0.2, 0.25) is 6.79 Å². The van der Waals surface area contributed by atoms with Crippen LogP contribution in [0.1, 0.15) is 74.1 Å². The monoisotopic (exact) mass is 944 g/mol. The third-order valence-corrected chi connectivity index (χ3v) is 11.6. The number of carbonyl (C=O) groups excluding carboxylic acids is 1. The van der Waals surface area contributed by atoms with Gasteiger partial charge in [-0.1, -0.05) is 112 Å². The molecule has 3 aromatic carbocycles. The Bertz CT molecular complexity index is 2950. The summed E-state index contributed by atoms with van der Waals surface area (Å²) in [6.07, 6.45) is 9.38. The van der Waals surface area contributed by atoms with Crippen LogP contribution in [0.2, 0.25) is 0 Å². The molecule has 0 saturated heterocycles. The molecule has 354 valence electrons. The number of aromatic nitrogens is 6. The van der Waals surface area contributed by atoms with Crippen LogP contribution in [-0.4, -0.2) is 66.6 Å². The second-order valence-corrected chi connectivity index (χ2v) is 16.5. The molecule has 0 atom stereocenters. The summed E-state index contributed by atoms with van der Waals surface area (Å²) in [5, 5.41) is 26.4. The molecule has 4 heterocycles. The lowest BCUT2D eigenvalue weighted by molar-refractivity contribution is -0.00275. The van der Waals surface area contributed by atoms with E-state index in [1.165, 1.54) is 15.6 Å². The van der Waals surface area contributed by atoms with E-state index in [-0.39, 0.29) is 53.6 Å². The van der Waals surface area contributed by atoms with Gasteiger partial charge in [0.15, 0.2) is 0 Å². The summed E-state index contributed by atoms with van der Waals surface area (Å²) in [5.41, 5.74) is 1.35. The Balaban J connectivity index is 0.000000233. The number of phosphoric acid groups is 1. The van der Waals surface area contributed by atoms with Gasteiger partial charge in [-0.3, -0.25) is 28.6 Å². The number of benzene rings is 3. The van der Waals surface area contributed by atoms with Crippen LogP contribution in [0.25, 0.3) is 33.3 Å². The zero-order chi connectivity index (χ0) is 48.5. The minimum Gasteiger partial charge on any atom is -0.478 e. The molecule has 0 amide bonds. The van der Waals surface area contributed by atoms with Gasteiger partial charge in [-0.2, -0.15) is 10.2 Å². The van der Waals surface area contributed by atoms with Gasteiger partial charge in [-0.05, 0) is 38.8 Å². The van der Waals surface area contributed by atoms with Gasteiger partial charge in [-0.25, -0.2) is 28.0 Å². The molecule has 4 aromatic heterocycles. The number of anilines is 4. The SMILES string of the molecule is CCCCOP(=O)(OCCCC)OCOC(=O)c1c(-c2ccccc2)nn(CC)c(=O)c1Nc1cccnc1.CCn1nc(-c2ccccc2)c(C(=O)O)c(Nc2cncc3ccccc23)c1=O. The molecular weight excluding hydrogens is 892 g/mol. The Morgan fingerprint density at radius 1 is 0.647 bits per heavy atom. The number of nitrogens with zero attached hydrogens (tertiary/aromatic N) is 6.